The van der Waals surface area contributed by atoms with Crippen LogP contribution in [-0.2, 0) is 16.1 Å². The summed E-state index contributed by atoms with van der Waals surface area (Å²) in [5.74, 6) is -1.14. The number of carboxylic acids is 1. The van der Waals surface area contributed by atoms with E-state index in [1.54, 1.807) is 17.0 Å². The van der Waals surface area contributed by atoms with Gasteiger partial charge in [-0.15, -0.1) is 0 Å². The van der Waals surface area contributed by atoms with Crippen molar-refractivity contribution in [2.45, 2.75) is 19.4 Å². The fourth-order valence-electron chi connectivity index (χ4n) is 2.58. The van der Waals surface area contributed by atoms with Crippen LogP contribution in [0.5, 0.6) is 0 Å². The Morgan fingerprint density at radius 1 is 1.33 bits per heavy atom. The summed E-state index contributed by atoms with van der Waals surface area (Å²) in [4.78, 5) is 29.3. The standard InChI is InChI=1S/C18H16ClN3O3S2/c19-16-13(20-11-21(16)10-12-5-2-1-3-6-12)9-14-17(25)22(18(26)27-14)8-4-7-15(23)24/h1-3,5-6,9,11H,4,7-8,10H2,(H,23,24)/b14-9+. The van der Waals surface area contributed by atoms with Crippen LogP contribution in [0.2, 0.25) is 5.15 Å². The molecule has 0 aliphatic carbocycles. The monoisotopic (exact) mass is 421 g/mol. The smallest absolute Gasteiger partial charge is 0.303 e. The summed E-state index contributed by atoms with van der Waals surface area (Å²) >= 11 is 12.8. The lowest BCUT2D eigenvalue weighted by Crippen LogP contribution is -2.29. The van der Waals surface area contributed by atoms with Gasteiger partial charge in [-0.3, -0.25) is 14.5 Å². The van der Waals surface area contributed by atoms with Crippen molar-refractivity contribution in [1.82, 2.24) is 14.5 Å². The van der Waals surface area contributed by atoms with Crippen LogP contribution in [-0.4, -0.2) is 42.3 Å². The van der Waals surface area contributed by atoms with E-state index in [4.69, 9.17) is 28.9 Å². The zero-order valence-electron chi connectivity index (χ0n) is 14.2. The molecule has 0 bridgehead atoms. The van der Waals surface area contributed by atoms with Gasteiger partial charge in [0.1, 0.15) is 15.2 Å². The highest BCUT2D eigenvalue weighted by molar-refractivity contribution is 8.26. The molecule has 1 aromatic heterocycles. The molecule has 1 N–H and O–H groups in total. The Labute approximate surface area is 170 Å². The first-order valence-electron chi connectivity index (χ1n) is 8.17. The summed E-state index contributed by atoms with van der Waals surface area (Å²) in [5, 5.41) is 9.17. The molecule has 1 amide bonds. The van der Waals surface area contributed by atoms with E-state index in [2.05, 4.69) is 4.98 Å². The third kappa shape index (κ3) is 4.77. The molecule has 3 rings (SSSR count). The van der Waals surface area contributed by atoms with Gasteiger partial charge >= 0.3 is 5.97 Å². The van der Waals surface area contributed by atoms with Crippen molar-refractivity contribution in [3.8, 4) is 0 Å². The van der Waals surface area contributed by atoms with Crippen LogP contribution < -0.4 is 0 Å². The Balaban J connectivity index is 1.72. The summed E-state index contributed by atoms with van der Waals surface area (Å²) in [6.07, 6.45) is 3.60. The first-order chi connectivity index (χ1) is 13.0. The van der Waals surface area contributed by atoms with E-state index in [1.165, 1.54) is 16.7 Å². The van der Waals surface area contributed by atoms with E-state index in [0.29, 0.717) is 33.0 Å². The van der Waals surface area contributed by atoms with Crippen molar-refractivity contribution in [2.75, 3.05) is 6.54 Å². The second-order valence-electron chi connectivity index (χ2n) is 5.86. The van der Waals surface area contributed by atoms with Gasteiger partial charge in [-0.1, -0.05) is 65.9 Å². The maximum Gasteiger partial charge on any atom is 0.303 e. The van der Waals surface area contributed by atoms with Crippen molar-refractivity contribution < 1.29 is 14.7 Å². The lowest BCUT2D eigenvalue weighted by Gasteiger charge is -2.13. The first kappa shape index (κ1) is 19.6. The van der Waals surface area contributed by atoms with Crippen molar-refractivity contribution in [3.63, 3.8) is 0 Å². The number of rotatable bonds is 7. The normalized spacial score (nSPS) is 15.7. The molecule has 1 aliphatic heterocycles. The van der Waals surface area contributed by atoms with E-state index < -0.39 is 5.97 Å². The highest BCUT2D eigenvalue weighted by atomic mass is 35.5. The van der Waals surface area contributed by atoms with E-state index in [1.807, 2.05) is 30.3 Å². The fourth-order valence-corrected chi connectivity index (χ4v) is 4.07. The van der Waals surface area contributed by atoms with Crippen molar-refractivity contribution in [2.24, 2.45) is 0 Å². The average molecular weight is 422 g/mol. The number of halogens is 1. The second-order valence-corrected chi connectivity index (χ2v) is 7.90. The lowest BCUT2D eigenvalue weighted by atomic mass is 10.2. The maximum atomic E-state index is 12.5. The number of carbonyl (C=O) groups is 2. The molecular formula is C18H16ClN3O3S2. The number of aliphatic carboxylic acids is 1. The quantitative estimate of drug-likeness (QED) is 0.543. The molecule has 1 aliphatic rings. The van der Waals surface area contributed by atoms with Gasteiger partial charge in [-0.05, 0) is 18.1 Å². The molecule has 1 fully saturated rings. The molecule has 9 heteroatoms. The van der Waals surface area contributed by atoms with Gasteiger partial charge in [0.15, 0.2) is 0 Å². The fraction of sp³-hybridized carbons (Fsp3) is 0.222. The number of aromatic nitrogens is 2. The van der Waals surface area contributed by atoms with Gasteiger partial charge in [0.25, 0.3) is 5.91 Å². The number of thioether (sulfide) groups is 1. The molecular weight excluding hydrogens is 406 g/mol. The molecule has 0 saturated carbocycles. The van der Waals surface area contributed by atoms with Gasteiger partial charge in [-0.25, -0.2) is 4.98 Å². The summed E-state index contributed by atoms with van der Waals surface area (Å²) in [6, 6.07) is 9.85. The number of carboxylic acid groups (broad SMARTS) is 1. The van der Waals surface area contributed by atoms with Crippen molar-refractivity contribution >= 4 is 57.9 Å². The van der Waals surface area contributed by atoms with Crippen LogP contribution >= 0.6 is 35.6 Å². The van der Waals surface area contributed by atoms with E-state index in [0.717, 1.165) is 5.56 Å². The molecule has 0 spiro atoms. The van der Waals surface area contributed by atoms with Gasteiger partial charge in [0, 0.05) is 19.5 Å². The number of hydrogen-bond donors (Lipinski definition) is 1. The molecule has 2 heterocycles. The Hall–Kier alpha value is -2.16. The zero-order chi connectivity index (χ0) is 19.4. The highest BCUT2D eigenvalue weighted by Crippen LogP contribution is 2.33. The SMILES string of the molecule is O=C(O)CCCN1C(=O)/C(=C\c2ncn(Cc3ccccc3)c2Cl)SC1=S. The second kappa shape index (κ2) is 8.69. The minimum Gasteiger partial charge on any atom is -0.481 e. The summed E-state index contributed by atoms with van der Waals surface area (Å²) in [7, 11) is 0. The Morgan fingerprint density at radius 3 is 2.78 bits per heavy atom. The number of nitrogens with zero attached hydrogens (tertiary/aromatic N) is 3. The first-order valence-corrected chi connectivity index (χ1v) is 9.77. The largest absolute Gasteiger partial charge is 0.481 e. The van der Waals surface area contributed by atoms with Gasteiger partial charge in [0.2, 0.25) is 0 Å². The molecule has 0 radical (unpaired) electrons. The molecule has 0 unspecified atom stereocenters. The Kier molecular flexibility index (Phi) is 6.30. The molecule has 140 valence electrons. The minimum absolute atomic E-state index is 0.00811. The topological polar surface area (TPSA) is 75.4 Å². The maximum absolute atomic E-state index is 12.5. The number of amides is 1. The Morgan fingerprint density at radius 2 is 2.07 bits per heavy atom. The van der Waals surface area contributed by atoms with Crippen LogP contribution in [0, 0.1) is 0 Å². The van der Waals surface area contributed by atoms with Crippen LogP contribution in [0.3, 0.4) is 0 Å². The van der Waals surface area contributed by atoms with Crippen LogP contribution in [0.1, 0.15) is 24.1 Å². The van der Waals surface area contributed by atoms with Gasteiger partial charge in [-0.2, -0.15) is 0 Å². The number of thiocarbonyl (C=S) groups is 1. The molecule has 1 aromatic carbocycles. The van der Waals surface area contributed by atoms with E-state index in [-0.39, 0.29) is 18.9 Å². The summed E-state index contributed by atoms with van der Waals surface area (Å²) < 4.78 is 2.22. The highest BCUT2D eigenvalue weighted by Gasteiger charge is 2.32. The summed E-state index contributed by atoms with van der Waals surface area (Å²) in [6.45, 7) is 0.862. The number of hydrogen-bond acceptors (Lipinski definition) is 5. The number of imidazole rings is 1. The number of carbonyl (C=O) groups excluding carboxylic acids is 1. The summed E-state index contributed by atoms with van der Waals surface area (Å²) in [5.41, 5.74) is 1.59. The van der Waals surface area contributed by atoms with Crippen LogP contribution in [0.4, 0.5) is 0 Å². The van der Waals surface area contributed by atoms with E-state index >= 15 is 0 Å². The molecule has 2 aromatic rings. The predicted octanol–water partition coefficient (Wildman–Crippen LogP) is 3.65. The molecule has 27 heavy (non-hydrogen) atoms. The van der Waals surface area contributed by atoms with Crippen molar-refractivity contribution in [3.05, 3.63) is 58.0 Å². The average Bonchev–Trinajstić information content (AvgIpc) is 3.11. The lowest BCUT2D eigenvalue weighted by molar-refractivity contribution is -0.137. The minimum atomic E-state index is -0.897. The van der Waals surface area contributed by atoms with E-state index in [9.17, 15) is 9.59 Å². The Bertz CT molecular complexity index is 912. The third-order valence-corrected chi connectivity index (χ3v) is 5.70. The van der Waals surface area contributed by atoms with Gasteiger partial charge < -0.3 is 9.67 Å². The molecule has 1 saturated heterocycles. The predicted molar refractivity (Wildman–Crippen MR) is 110 cm³/mol. The molecule has 6 nitrogen and oxygen atoms in total. The number of benzene rings is 1. The third-order valence-electron chi connectivity index (χ3n) is 3.91. The van der Waals surface area contributed by atoms with Crippen LogP contribution in [0.15, 0.2) is 41.6 Å². The van der Waals surface area contributed by atoms with Crippen molar-refractivity contribution in [1.29, 1.82) is 0 Å². The molecule has 0 atom stereocenters. The zero-order valence-corrected chi connectivity index (χ0v) is 16.6. The van der Waals surface area contributed by atoms with Crippen LogP contribution in [0.25, 0.3) is 6.08 Å². The van der Waals surface area contributed by atoms with Gasteiger partial charge in [0.05, 0.1) is 11.2 Å².